The number of hydrogen-bond donors (Lipinski definition) is 2. The summed E-state index contributed by atoms with van der Waals surface area (Å²) in [6, 6.07) is 13.1. The Hall–Kier alpha value is -2.14. The van der Waals surface area contributed by atoms with E-state index >= 15 is 0 Å². The van der Waals surface area contributed by atoms with Crippen molar-refractivity contribution in [1.82, 2.24) is 0 Å². The fourth-order valence-electron chi connectivity index (χ4n) is 1.89. The second-order valence-corrected chi connectivity index (χ2v) is 8.05. The molecular formula is C16H15IN2O5S. The van der Waals surface area contributed by atoms with Crippen molar-refractivity contribution in [2.24, 2.45) is 0 Å². The molecule has 0 aliphatic heterocycles. The van der Waals surface area contributed by atoms with Crippen molar-refractivity contribution in [3.8, 4) is 0 Å². The number of hydrogen-bond acceptors (Lipinski definition) is 5. The third-order valence-corrected chi connectivity index (χ3v) is 4.21. The topological polar surface area (TPSA) is 102 Å². The molecule has 0 unspecified atom stereocenters. The first-order valence-electron chi connectivity index (χ1n) is 7.04. The van der Waals surface area contributed by atoms with Crippen molar-refractivity contribution in [2.45, 2.75) is 0 Å². The van der Waals surface area contributed by atoms with Crippen LogP contribution >= 0.6 is 22.6 Å². The highest BCUT2D eigenvalue weighted by Gasteiger charge is 2.16. The van der Waals surface area contributed by atoms with Crippen LogP contribution in [-0.4, -0.2) is 33.2 Å². The van der Waals surface area contributed by atoms with Crippen LogP contribution in [0.15, 0.2) is 48.5 Å². The summed E-state index contributed by atoms with van der Waals surface area (Å²) >= 11 is 2.14. The third kappa shape index (κ3) is 6.35. The zero-order valence-electron chi connectivity index (χ0n) is 13.2. The predicted molar refractivity (Wildman–Crippen MR) is 103 cm³/mol. The molecule has 0 radical (unpaired) electrons. The van der Waals surface area contributed by atoms with E-state index in [2.05, 4.69) is 32.6 Å². The number of nitrogens with one attached hydrogen (secondary N) is 2. The first kappa shape index (κ1) is 19.2. The van der Waals surface area contributed by atoms with Gasteiger partial charge in [-0.1, -0.05) is 12.1 Å². The van der Waals surface area contributed by atoms with Crippen molar-refractivity contribution < 1.29 is 22.7 Å². The number of ether oxygens (including phenoxy) is 1. The summed E-state index contributed by atoms with van der Waals surface area (Å²) in [6.45, 7) is -0.488. The molecule has 132 valence electrons. The van der Waals surface area contributed by atoms with E-state index in [1.165, 1.54) is 12.1 Å². The molecule has 0 bridgehead atoms. The monoisotopic (exact) mass is 474 g/mol. The van der Waals surface area contributed by atoms with Gasteiger partial charge in [-0.05, 0) is 59.0 Å². The number of esters is 1. The Balaban J connectivity index is 1.98. The molecule has 0 spiro atoms. The summed E-state index contributed by atoms with van der Waals surface area (Å²) in [6.07, 6.45) is 0.976. The maximum atomic E-state index is 12.1. The molecule has 9 heteroatoms. The number of para-hydroxylation sites is 1. The molecule has 2 N–H and O–H groups in total. The lowest BCUT2D eigenvalue weighted by atomic mass is 10.2. The van der Waals surface area contributed by atoms with Crippen molar-refractivity contribution in [2.75, 3.05) is 22.9 Å². The number of rotatable bonds is 6. The van der Waals surface area contributed by atoms with E-state index in [1.807, 2.05) is 12.1 Å². The lowest BCUT2D eigenvalue weighted by molar-refractivity contribution is -0.119. The van der Waals surface area contributed by atoms with Crippen LogP contribution in [0.4, 0.5) is 11.4 Å². The average Bonchev–Trinajstić information content (AvgIpc) is 2.54. The minimum absolute atomic E-state index is 0.0231. The maximum Gasteiger partial charge on any atom is 0.340 e. The van der Waals surface area contributed by atoms with Crippen molar-refractivity contribution >= 4 is 55.9 Å². The van der Waals surface area contributed by atoms with Crippen molar-refractivity contribution in [3.63, 3.8) is 0 Å². The average molecular weight is 474 g/mol. The first-order valence-corrected chi connectivity index (χ1v) is 10.0. The van der Waals surface area contributed by atoms with Gasteiger partial charge >= 0.3 is 5.97 Å². The summed E-state index contributed by atoms with van der Waals surface area (Å²) in [5, 5.41) is 2.60. The predicted octanol–water partition coefficient (Wildman–Crippen LogP) is 2.46. The van der Waals surface area contributed by atoms with Gasteiger partial charge in [0.1, 0.15) is 0 Å². The molecule has 2 aromatic carbocycles. The van der Waals surface area contributed by atoms with Gasteiger partial charge in [0.15, 0.2) is 6.61 Å². The zero-order valence-corrected chi connectivity index (χ0v) is 16.1. The smallest absolute Gasteiger partial charge is 0.340 e. The summed E-state index contributed by atoms with van der Waals surface area (Å²) in [5.41, 5.74) is 0.698. The highest BCUT2D eigenvalue weighted by atomic mass is 127. The summed E-state index contributed by atoms with van der Waals surface area (Å²) in [7, 11) is -3.55. The minimum atomic E-state index is -3.55. The number of anilines is 2. The molecule has 0 aliphatic rings. The van der Waals surface area contributed by atoms with Crippen LogP contribution in [0.2, 0.25) is 0 Å². The van der Waals surface area contributed by atoms with Crippen molar-refractivity contribution in [3.05, 3.63) is 57.7 Å². The number of sulfonamides is 1. The standard InChI is InChI=1S/C16H15IN2O5S/c1-25(22,23)19-14-5-3-2-4-13(14)16(21)24-10-15(20)18-12-8-6-11(17)7-9-12/h2-9,19H,10H2,1H3,(H,18,20). The van der Waals surface area contributed by atoms with Crippen LogP contribution in [0.1, 0.15) is 10.4 Å². The van der Waals surface area contributed by atoms with Crippen molar-refractivity contribution in [1.29, 1.82) is 0 Å². The molecule has 0 aliphatic carbocycles. The van der Waals surface area contributed by atoms with Gasteiger partial charge in [0.05, 0.1) is 17.5 Å². The molecule has 0 fully saturated rings. The lowest BCUT2D eigenvalue weighted by Gasteiger charge is -2.10. The minimum Gasteiger partial charge on any atom is -0.452 e. The second kappa shape index (κ2) is 8.30. The van der Waals surface area contributed by atoms with Gasteiger partial charge in [0, 0.05) is 9.26 Å². The van der Waals surface area contributed by atoms with E-state index < -0.39 is 28.5 Å². The number of benzene rings is 2. The van der Waals surface area contributed by atoms with Gasteiger partial charge in [0.25, 0.3) is 5.91 Å². The molecule has 2 rings (SSSR count). The normalized spacial score (nSPS) is 10.8. The van der Waals surface area contributed by atoms with Gasteiger partial charge in [-0.3, -0.25) is 9.52 Å². The fourth-order valence-corrected chi connectivity index (χ4v) is 2.83. The number of halogens is 1. The Morgan fingerprint density at radius 2 is 1.72 bits per heavy atom. The molecule has 0 atom stereocenters. The molecule has 0 saturated carbocycles. The van der Waals surface area contributed by atoms with Crippen LogP contribution in [0.5, 0.6) is 0 Å². The Morgan fingerprint density at radius 1 is 1.08 bits per heavy atom. The lowest BCUT2D eigenvalue weighted by Crippen LogP contribution is -2.22. The van der Waals surface area contributed by atoms with Gasteiger partial charge < -0.3 is 10.1 Å². The molecule has 2 aromatic rings. The molecule has 0 heterocycles. The Morgan fingerprint density at radius 3 is 2.36 bits per heavy atom. The first-order chi connectivity index (χ1) is 11.7. The van der Waals surface area contributed by atoms with Gasteiger partial charge in [-0.2, -0.15) is 0 Å². The van der Waals surface area contributed by atoms with Crippen LogP contribution in [-0.2, 0) is 19.6 Å². The summed E-state index contributed by atoms with van der Waals surface area (Å²) < 4.78 is 30.9. The molecule has 1 amide bonds. The number of amides is 1. The van der Waals surface area contributed by atoms with Crippen LogP contribution in [0.3, 0.4) is 0 Å². The third-order valence-electron chi connectivity index (χ3n) is 2.90. The fraction of sp³-hybridized carbons (Fsp3) is 0.125. The van der Waals surface area contributed by atoms with Gasteiger partial charge in [-0.15, -0.1) is 0 Å². The van der Waals surface area contributed by atoms with Gasteiger partial charge in [-0.25, -0.2) is 13.2 Å². The van der Waals surface area contributed by atoms with E-state index in [0.717, 1.165) is 9.83 Å². The van der Waals surface area contributed by atoms with E-state index in [4.69, 9.17) is 4.74 Å². The SMILES string of the molecule is CS(=O)(=O)Nc1ccccc1C(=O)OCC(=O)Nc1ccc(I)cc1. The molecule has 0 aromatic heterocycles. The summed E-state index contributed by atoms with van der Waals surface area (Å²) in [5.74, 6) is -1.30. The summed E-state index contributed by atoms with van der Waals surface area (Å²) in [4.78, 5) is 24.0. The van der Waals surface area contributed by atoms with E-state index in [1.54, 1.807) is 24.3 Å². The van der Waals surface area contributed by atoms with Crippen LogP contribution < -0.4 is 10.0 Å². The molecule has 25 heavy (non-hydrogen) atoms. The highest BCUT2D eigenvalue weighted by molar-refractivity contribution is 14.1. The number of carbonyl (C=O) groups excluding carboxylic acids is 2. The van der Waals surface area contributed by atoms with E-state index in [0.29, 0.717) is 5.69 Å². The quantitative estimate of drug-likeness (QED) is 0.495. The van der Waals surface area contributed by atoms with Gasteiger partial charge in [0.2, 0.25) is 10.0 Å². The molecule has 0 saturated heterocycles. The Labute approximate surface area is 159 Å². The van der Waals surface area contributed by atoms with Crippen LogP contribution in [0.25, 0.3) is 0 Å². The molecular weight excluding hydrogens is 459 g/mol. The Bertz CT molecular complexity index is 882. The maximum absolute atomic E-state index is 12.1. The van der Waals surface area contributed by atoms with E-state index in [9.17, 15) is 18.0 Å². The van der Waals surface area contributed by atoms with E-state index in [-0.39, 0.29) is 11.3 Å². The van der Waals surface area contributed by atoms with Crippen LogP contribution in [0, 0.1) is 3.57 Å². The largest absolute Gasteiger partial charge is 0.452 e. The highest BCUT2D eigenvalue weighted by Crippen LogP contribution is 2.17. The molecule has 7 nitrogen and oxygen atoms in total. The Kier molecular flexibility index (Phi) is 6.37. The second-order valence-electron chi connectivity index (χ2n) is 5.05. The number of carbonyl (C=O) groups is 2. The zero-order chi connectivity index (χ0) is 18.4.